The van der Waals surface area contributed by atoms with Crippen molar-refractivity contribution in [3.63, 3.8) is 0 Å². The van der Waals surface area contributed by atoms with Gasteiger partial charge in [0.15, 0.2) is 0 Å². The minimum Gasteiger partial charge on any atom is -0.405 e. The van der Waals surface area contributed by atoms with E-state index >= 15 is 0 Å². The summed E-state index contributed by atoms with van der Waals surface area (Å²) in [5, 5.41) is 0. The minimum absolute atomic E-state index is 1.08. The van der Waals surface area contributed by atoms with E-state index in [4.69, 9.17) is 5.73 Å². The molecule has 1 rings (SSSR count). The SMILES string of the molecule is CCc1cc(/C=C/N)ccc1C. The molecule has 0 aliphatic heterocycles. The zero-order valence-corrected chi connectivity index (χ0v) is 7.67. The van der Waals surface area contributed by atoms with Crippen LogP contribution < -0.4 is 5.73 Å². The highest BCUT2D eigenvalue weighted by Gasteiger charge is 1.95. The van der Waals surface area contributed by atoms with Gasteiger partial charge in [-0.15, -0.1) is 0 Å². The highest BCUT2D eigenvalue weighted by atomic mass is 14.5. The Morgan fingerprint density at radius 2 is 2.17 bits per heavy atom. The first kappa shape index (κ1) is 8.85. The second-order valence-corrected chi connectivity index (χ2v) is 2.90. The summed E-state index contributed by atoms with van der Waals surface area (Å²) in [5.74, 6) is 0. The zero-order valence-electron chi connectivity index (χ0n) is 7.67. The van der Waals surface area contributed by atoms with E-state index in [1.165, 1.54) is 16.7 Å². The van der Waals surface area contributed by atoms with E-state index in [-0.39, 0.29) is 0 Å². The quantitative estimate of drug-likeness (QED) is 0.708. The third-order valence-electron chi connectivity index (χ3n) is 2.04. The third kappa shape index (κ3) is 1.88. The number of benzene rings is 1. The largest absolute Gasteiger partial charge is 0.405 e. The number of hydrogen-bond donors (Lipinski definition) is 1. The fraction of sp³-hybridized carbons (Fsp3) is 0.273. The molecule has 0 fully saturated rings. The van der Waals surface area contributed by atoms with Gasteiger partial charge >= 0.3 is 0 Å². The van der Waals surface area contributed by atoms with Crippen LogP contribution in [0.3, 0.4) is 0 Å². The molecule has 0 saturated carbocycles. The summed E-state index contributed by atoms with van der Waals surface area (Å²) >= 11 is 0. The highest BCUT2D eigenvalue weighted by molar-refractivity contribution is 5.51. The van der Waals surface area contributed by atoms with Crippen molar-refractivity contribution in [1.82, 2.24) is 0 Å². The summed E-state index contributed by atoms with van der Waals surface area (Å²) in [7, 11) is 0. The van der Waals surface area contributed by atoms with Crippen molar-refractivity contribution in [1.29, 1.82) is 0 Å². The summed E-state index contributed by atoms with van der Waals surface area (Å²) in [4.78, 5) is 0. The second kappa shape index (κ2) is 3.96. The van der Waals surface area contributed by atoms with E-state index < -0.39 is 0 Å². The van der Waals surface area contributed by atoms with Crippen LogP contribution in [0.5, 0.6) is 0 Å². The first-order valence-corrected chi connectivity index (χ1v) is 4.25. The van der Waals surface area contributed by atoms with Crippen molar-refractivity contribution in [2.24, 2.45) is 5.73 Å². The van der Waals surface area contributed by atoms with E-state index in [1.807, 2.05) is 6.08 Å². The van der Waals surface area contributed by atoms with Crippen molar-refractivity contribution in [3.05, 3.63) is 41.1 Å². The maximum Gasteiger partial charge on any atom is -0.00564 e. The molecule has 1 aromatic rings. The Kier molecular flexibility index (Phi) is 2.92. The number of aryl methyl sites for hydroxylation is 2. The fourth-order valence-corrected chi connectivity index (χ4v) is 1.29. The molecule has 0 aliphatic carbocycles. The summed E-state index contributed by atoms with van der Waals surface area (Å²) in [6.07, 6.45) is 4.57. The summed E-state index contributed by atoms with van der Waals surface area (Å²) in [6, 6.07) is 6.39. The lowest BCUT2D eigenvalue weighted by atomic mass is 10.0. The Morgan fingerprint density at radius 3 is 2.75 bits per heavy atom. The van der Waals surface area contributed by atoms with Gasteiger partial charge in [0, 0.05) is 0 Å². The lowest BCUT2D eigenvalue weighted by Gasteiger charge is -2.03. The van der Waals surface area contributed by atoms with Crippen LogP contribution in [-0.2, 0) is 6.42 Å². The number of hydrogen-bond acceptors (Lipinski definition) is 1. The molecule has 0 aliphatic rings. The Morgan fingerprint density at radius 1 is 1.42 bits per heavy atom. The Bertz CT molecular complexity index is 287. The van der Waals surface area contributed by atoms with Crippen LogP contribution in [0.2, 0.25) is 0 Å². The molecule has 1 aromatic carbocycles. The summed E-state index contributed by atoms with van der Waals surface area (Å²) in [6.45, 7) is 4.30. The lowest BCUT2D eigenvalue weighted by Crippen LogP contribution is -1.87. The van der Waals surface area contributed by atoms with E-state index in [1.54, 1.807) is 6.20 Å². The Balaban J connectivity index is 3.05. The fourth-order valence-electron chi connectivity index (χ4n) is 1.29. The predicted octanol–water partition coefficient (Wildman–Crippen LogP) is 2.49. The molecule has 1 heteroatoms. The maximum atomic E-state index is 5.31. The van der Waals surface area contributed by atoms with Crippen molar-refractivity contribution in [2.45, 2.75) is 20.3 Å². The van der Waals surface area contributed by atoms with Gasteiger partial charge in [-0.2, -0.15) is 0 Å². The highest BCUT2D eigenvalue weighted by Crippen LogP contribution is 2.12. The van der Waals surface area contributed by atoms with Crippen molar-refractivity contribution < 1.29 is 0 Å². The third-order valence-corrected chi connectivity index (χ3v) is 2.04. The van der Waals surface area contributed by atoms with Gasteiger partial charge in [0.05, 0.1) is 0 Å². The summed E-state index contributed by atoms with van der Waals surface area (Å²) in [5.41, 5.74) is 9.24. The zero-order chi connectivity index (χ0) is 8.97. The molecule has 1 nitrogen and oxygen atoms in total. The molecule has 0 heterocycles. The molecule has 0 spiro atoms. The van der Waals surface area contributed by atoms with Crippen molar-refractivity contribution in [3.8, 4) is 0 Å². The monoisotopic (exact) mass is 161 g/mol. The van der Waals surface area contributed by atoms with Crippen molar-refractivity contribution in [2.75, 3.05) is 0 Å². The van der Waals surface area contributed by atoms with Crippen molar-refractivity contribution >= 4 is 6.08 Å². The predicted molar refractivity (Wildman–Crippen MR) is 53.8 cm³/mol. The van der Waals surface area contributed by atoms with Gasteiger partial charge in [-0.05, 0) is 42.3 Å². The van der Waals surface area contributed by atoms with Crippen LogP contribution >= 0.6 is 0 Å². The molecule has 12 heavy (non-hydrogen) atoms. The van der Waals surface area contributed by atoms with E-state index in [0.29, 0.717) is 0 Å². The first-order chi connectivity index (χ1) is 5.77. The van der Waals surface area contributed by atoms with E-state index in [9.17, 15) is 0 Å². The molecular weight excluding hydrogens is 146 g/mol. The second-order valence-electron chi connectivity index (χ2n) is 2.90. The average Bonchev–Trinajstić information content (AvgIpc) is 2.09. The Hall–Kier alpha value is -1.24. The normalized spacial score (nSPS) is 10.8. The number of rotatable bonds is 2. The van der Waals surface area contributed by atoms with Crippen LogP contribution in [0.15, 0.2) is 24.4 Å². The topological polar surface area (TPSA) is 26.0 Å². The van der Waals surface area contributed by atoms with Crippen LogP contribution in [0.4, 0.5) is 0 Å². The van der Waals surface area contributed by atoms with Gasteiger partial charge in [-0.3, -0.25) is 0 Å². The molecule has 0 saturated heterocycles. The molecular formula is C11H15N. The molecule has 0 atom stereocenters. The van der Waals surface area contributed by atoms with Crippen LogP contribution in [-0.4, -0.2) is 0 Å². The number of nitrogens with two attached hydrogens (primary N) is 1. The maximum absolute atomic E-state index is 5.31. The van der Waals surface area contributed by atoms with Gasteiger partial charge in [0.1, 0.15) is 0 Å². The van der Waals surface area contributed by atoms with E-state index in [2.05, 4.69) is 32.0 Å². The molecule has 64 valence electrons. The van der Waals surface area contributed by atoms with Crippen LogP contribution in [0.1, 0.15) is 23.6 Å². The average molecular weight is 161 g/mol. The molecule has 0 bridgehead atoms. The Labute approximate surface area is 73.9 Å². The van der Waals surface area contributed by atoms with Gasteiger partial charge in [-0.1, -0.05) is 25.1 Å². The van der Waals surface area contributed by atoms with Gasteiger partial charge in [0.25, 0.3) is 0 Å². The molecule has 0 unspecified atom stereocenters. The van der Waals surface area contributed by atoms with Gasteiger partial charge < -0.3 is 5.73 Å². The van der Waals surface area contributed by atoms with Gasteiger partial charge in [0.2, 0.25) is 0 Å². The summed E-state index contributed by atoms with van der Waals surface area (Å²) < 4.78 is 0. The molecule has 0 aromatic heterocycles. The standard InChI is InChI=1S/C11H15N/c1-3-11-8-10(6-7-12)5-4-9(11)2/h4-8H,3,12H2,1-2H3/b7-6+. The van der Waals surface area contributed by atoms with Gasteiger partial charge in [-0.25, -0.2) is 0 Å². The first-order valence-electron chi connectivity index (χ1n) is 4.25. The van der Waals surface area contributed by atoms with E-state index in [0.717, 1.165) is 6.42 Å². The van der Waals surface area contributed by atoms with Crippen LogP contribution in [0, 0.1) is 6.92 Å². The lowest BCUT2D eigenvalue weighted by molar-refractivity contribution is 1.11. The molecule has 2 N–H and O–H groups in total. The molecule has 0 radical (unpaired) electrons. The molecule has 0 amide bonds. The smallest absolute Gasteiger partial charge is 0.00564 e. The minimum atomic E-state index is 1.08. The van der Waals surface area contributed by atoms with Crippen LogP contribution in [0.25, 0.3) is 6.08 Å².